The molecule has 0 N–H and O–H groups in total. The van der Waals surface area contributed by atoms with E-state index in [-0.39, 0.29) is 0 Å². The molecule has 1 rings (SSSR count). The van der Waals surface area contributed by atoms with Crippen molar-refractivity contribution in [3.63, 3.8) is 0 Å². The molecule has 0 spiro atoms. The Kier molecular flexibility index (Phi) is 5.00. The van der Waals surface area contributed by atoms with E-state index in [4.69, 9.17) is 0 Å². The summed E-state index contributed by atoms with van der Waals surface area (Å²) in [6.07, 6.45) is 7.00. The van der Waals surface area contributed by atoms with Gasteiger partial charge in [0.05, 0.1) is 0 Å². The summed E-state index contributed by atoms with van der Waals surface area (Å²) in [6.45, 7) is 2.11. The fraction of sp³-hybridized carbons (Fsp3) is 0.909. The predicted octanol–water partition coefficient (Wildman–Crippen LogP) is 3.56. The molecule has 13 heavy (non-hydrogen) atoms. The smallest absolute Gasteiger partial charge is 0.135 e. The molecule has 1 saturated carbocycles. The van der Waals surface area contributed by atoms with Crippen molar-refractivity contribution in [2.45, 2.75) is 45.4 Å². The number of ketones is 1. The predicted molar refractivity (Wildman–Crippen MR) is 59.2 cm³/mol. The Balaban J connectivity index is 2.27. The summed E-state index contributed by atoms with van der Waals surface area (Å²) in [7, 11) is 0. The zero-order chi connectivity index (χ0) is 9.68. The van der Waals surface area contributed by atoms with Crippen LogP contribution in [0.1, 0.15) is 45.4 Å². The zero-order valence-electron chi connectivity index (χ0n) is 8.39. The molecule has 0 aliphatic heterocycles. The third-order valence-corrected chi connectivity index (χ3v) is 3.73. The molecule has 1 aliphatic carbocycles. The molecule has 0 aromatic carbocycles. The maximum absolute atomic E-state index is 11.4. The lowest BCUT2D eigenvalue weighted by Crippen LogP contribution is -2.25. The first kappa shape index (κ1) is 11.2. The number of rotatable bonds is 4. The van der Waals surface area contributed by atoms with E-state index in [1.807, 2.05) is 0 Å². The molecule has 0 heterocycles. The van der Waals surface area contributed by atoms with Crippen LogP contribution in [0.5, 0.6) is 0 Å². The lowest BCUT2D eigenvalue weighted by atomic mass is 9.77. The molecule has 1 aliphatic rings. The number of unbranched alkanes of at least 4 members (excludes halogenated alkanes) is 1. The van der Waals surface area contributed by atoms with Gasteiger partial charge in [0.25, 0.3) is 0 Å². The van der Waals surface area contributed by atoms with Crippen LogP contribution in [0.2, 0.25) is 0 Å². The number of hydrogen-bond acceptors (Lipinski definition) is 1. The summed E-state index contributed by atoms with van der Waals surface area (Å²) >= 11 is 3.43. The number of hydrogen-bond donors (Lipinski definition) is 0. The Bertz CT molecular complexity index is 167. The van der Waals surface area contributed by atoms with Gasteiger partial charge in [-0.05, 0) is 31.6 Å². The molecule has 0 aromatic rings. The quantitative estimate of drug-likeness (QED) is 0.548. The minimum absolute atomic E-state index is 0.337. The van der Waals surface area contributed by atoms with Crippen molar-refractivity contribution in [3.8, 4) is 0 Å². The summed E-state index contributed by atoms with van der Waals surface area (Å²) in [5.41, 5.74) is 0. The first-order chi connectivity index (χ1) is 6.25. The molecule has 0 aromatic heterocycles. The number of carbonyl (C=O) groups excluding carboxylic acids is 1. The molecule has 76 valence electrons. The Morgan fingerprint density at radius 3 is 2.92 bits per heavy atom. The van der Waals surface area contributed by atoms with E-state index in [0.717, 1.165) is 18.2 Å². The first-order valence-electron chi connectivity index (χ1n) is 5.34. The van der Waals surface area contributed by atoms with Gasteiger partial charge in [0, 0.05) is 17.7 Å². The van der Waals surface area contributed by atoms with Gasteiger partial charge in [-0.1, -0.05) is 29.3 Å². The molecule has 2 heteroatoms. The highest BCUT2D eigenvalue weighted by Gasteiger charge is 2.26. The van der Waals surface area contributed by atoms with Crippen LogP contribution in [-0.4, -0.2) is 11.1 Å². The fourth-order valence-corrected chi connectivity index (χ4v) is 2.57. The monoisotopic (exact) mass is 246 g/mol. The van der Waals surface area contributed by atoms with Crippen molar-refractivity contribution in [2.75, 3.05) is 5.33 Å². The highest BCUT2D eigenvalue weighted by molar-refractivity contribution is 9.09. The summed E-state index contributed by atoms with van der Waals surface area (Å²) in [5, 5.41) is 1.10. The highest BCUT2D eigenvalue weighted by atomic mass is 79.9. The van der Waals surface area contributed by atoms with Crippen molar-refractivity contribution in [2.24, 2.45) is 11.8 Å². The minimum Gasteiger partial charge on any atom is -0.299 e. The van der Waals surface area contributed by atoms with E-state index in [1.165, 1.54) is 25.7 Å². The Labute approximate surface area is 89.4 Å². The van der Waals surface area contributed by atoms with E-state index < -0.39 is 0 Å². The molecule has 0 bridgehead atoms. The van der Waals surface area contributed by atoms with Crippen LogP contribution in [0.25, 0.3) is 0 Å². The van der Waals surface area contributed by atoms with Crippen molar-refractivity contribution >= 4 is 21.7 Å². The van der Waals surface area contributed by atoms with Crippen LogP contribution in [-0.2, 0) is 4.79 Å². The van der Waals surface area contributed by atoms with E-state index in [9.17, 15) is 4.79 Å². The third-order valence-electron chi connectivity index (χ3n) is 3.17. The molecule has 0 radical (unpaired) electrons. The molecule has 1 nitrogen and oxygen atoms in total. The maximum atomic E-state index is 11.4. The Morgan fingerprint density at radius 1 is 1.46 bits per heavy atom. The van der Waals surface area contributed by atoms with Crippen LogP contribution < -0.4 is 0 Å². The number of carbonyl (C=O) groups is 1. The minimum atomic E-state index is 0.337. The second kappa shape index (κ2) is 5.79. The van der Waals surface area contributed by atoms with Crippen LogP contribution in [0, 0.1) is 11.8 Å². The van der Waals surface area contributed by atoms with Crippen molar-refractivity contribution < 1.29 is 4.79 Å². The maximum Gasteiger partial charge on any atom is 0.135 e. The van der Waals surface area contributed by atoms with E-state index in [0.29, 0.717) is 17.6 Å². The van der Waals surface area contributed by atoms with Gasteiger partial charge in [-0.2, -0.15) is 0 Å². The molecule has 2 atom stereocenters. The van der Waals surface area contributed by atoms with Crippen molar-refractivity contribution in [3.05, 3.63) is 0 Å². The molecule has 1 fully saturated rings. The summed E-state index contributed by atoms with van der Waals surface area (Å²) in [6, 6.07) is 0. The topological polar surface area (TPSA) is 17.1 Å². The Hall–Kier alpha value is 0.150. The van der Waals surface area contributed by atoms with E-state index in [2.05, 4.69) is 22.9 Å². The average Bonchev–Trinajstić information content (AvgIpc) is 2.13. The zero-order valence-corrected chi connectivity index (χ0v) is 9.98. The van der Waals surface area contributed by atoms with Gasteiger partial charge < -0.3 is 0 Å². The molecule has 2 unspecified atom stereocenters. The van der Waals surface area contributed by atoms with Crippen LogP contribution in [0.15, 0.2) is 0 Å². The normalized spacial score (nSPS) is 29.2. The standard InChI is InChI=1S/C11H19BrO/c1-9-10(5-2-3-8-12)6-4-7-11(9)13/h9-10H,2-8H2,1H3. The Morgan fingerprint density at radius 2 is 2.23 bits per heavy atom. The van der Waals surface area contributed by atoms with Crippen LogP contribution in [0.4, 0.5) is 0 Å². The summed E-state index contributed by atoms with van der Waals surface area (Å²) in [5.74, 6) is 1.51. The van der Waals surface area contributed by atoms with Gasteiger partial charge in [0.15, 0.2) is 0 Å². The van der Waals surface area contributed by atoms with Crippen molar-refractivity contribution in [1.29, 1.82) is 0 Å². The third kappa shape index (κ3) is 3.41. The lowest BCUT2D eigenvalue weighted by molar-refractivity contribution is -0.126. The molecular weight excluding hydrogens is 228 g/mol. The van der Waals surface area contributed by atoms with Gasteiger partial charge in [0.2, 0.25) is 0 Å². The van der Waals surface area contributed by atoms with Gasteiger partial charge >= 0.3 is 0 Å². The summed E-state index contributed by atoms with van der Waals surface area (Å²) < 4.78 is 0. The average molecular weight is 247 g/mol. The van der Waals surface area contributed by atoms with Crippen molar-refractivity contribution in [1.82, 2.24) is 0 Å². The number of alkyl halides is 1. The second-order valence-electron chi connectivity index (χ2n) is 4.09. The summed E-state index contributed by atoms with van der Waals surface area (Å²) in [4.78, 5) is 11.4. The molecule has 0 saturated heterocycles. The molecular formula is C11H19BrO. The van der Waals surface area contributed by atoms with Gasteiger partial charge in [-0.15, -0.1) is 0 Å². The second-order valence-corrected chi connectivity index (χ2v) is 4.89. The van der Waals surface area contributed by atoms with E-state index in [1.54, 1.807) is 0 Å². The number of Topliss-reactive ketones (excluding diaryl/α,β-unsaturated/α-hetero) is 1. The van der Waals surface area contributed by atoms with Crippen LogP contribution in [0.3, 0.4) is 0 Å². The number of halogens is 1. The van der Waals surface area contributed by atoms with E-state index >= 15 is 0 Å². The lowest BCUT2D eigenvalue weighted by Gasteiger charge is -2.27. The first-order valence-corrected chi connectivity index (χ1v) is 6.46. The largest absolute Gasteiger partial charge is 0.299 e. The SMILES string of the molecule is CC1C(=O)CCCC1CCCCBr. The van der Waals surface area contributed by atoms with Gasteiger partial charge in [-0.25, -0.2) is 0 Å². The molecule has 0 amide bonds. The fourth-order valence-electron chi connectivity index (χ4n) is 2.17. The van der Waals surface area contributed by atoms with Gasteiger partial charge in [-0.3, -0.25) is 4.79 Å². The highest BCUT2D eigenvalue weighted by Crippen LogP contribution is 2.30. The van der Waals surface area contributed by atoms with Crippen LogP contribution >= 0.6 is 15.9 Å². The van der Waals surface area contributed by atoms with Gasteiger partial charge in [0.1, 0.15) is 5.78 Å².